The van der Waals surface area contributed by atoms with Crippen molar-refractivity contribution >= 4 is 28.8 Å². The molecule has 0 saturated heterocycles. The Balaban J connectivity index is 1.78. The van der Waals surface area contributed by atoms with Crippen LogP contribution in [0.2, 0.25) is 0 Å². The van der Waals surface area contributed by atoms with E-state index in [1.165, 1.54) is 30.5 Å². The molecule has 3 aromatic rings. The van der Waals surface area contributed by atoms with E-state index in [0.29, 0.717) is 16.1 Å². The number of thiophene rings is 1. The molecule has 2 amide bonds. The number of halogens is 2. The lowest BCUT2D eigenvalue weighted by Crippen LogP contribution is -2.22. The summed E-state index contributed by atoms with van der Waals surface area (Å²) in [5.41, 5.74) is 2.37. The number of carbonyl (C=O) groups is 2. The van der Waals surface area contributed by atoms with Crippen molar-refractivity contribution in [3.63, 3.8) is 0 Å². The molecule has 0 aliphatic rings. The van der Waals surface area contributed by atoms with Crippen molar-refractivity contribution in [3.05, 3.63) is 70.6 Å². The summed E-state index contributed by atoms with van der Waals surface area (Å²) < 4.78 is 28.8. The first-order valence-electron chi connectivity index (χ1n) is 8.67. The van der Waals surface area contributed by atoms with Crippen molar-refractivity contribution < 1.29 is 23.1 Å². The van der Waals surface area contributed by atoms with Crippen LogP contribution in [0.1, 0.15) is 25.6 Å². The van der Waals surface area contributed by atoms with Crippen LogP contribution in [0.4, 0.5) is 14.5 Å². The molecule has 0 unspecified atom stereocenters. The topological polar surface area (TPSA) is 67.4 Å². The highest BCUT2D eigenvalue weighted by atomic mass is 32.1. The van der Waals surface area contributed by atoms with Crippen molar-refractivity contribution in [3.8, 4) is 16.2 Å². The van der Waals surface area contributed by atoms with Crippen LogP contribution in [0, 0.1) is 6.92 Å². The first kappa shape index (κ1) is 20.5. The summed E-state index contributed by atoms with van der Waals surface area (Å²) in [6.45, 7) is -1.08. The zero-order valence-corrected chi connectivity index (χ0v) is 16.5. The molecule has 0 atom stereocenters. The van der Waals surface area contributed by atoms with Gasteiger partial charge < -0.3 is 15.4 Å². The number of alkyl halides is 2. The summed E-state index contributed by atoms with van der Waals surface area (Å²) in [7, 11) is 1.53. The number of hydrogen-bond donors (Lipinski definition) is 2. The molecule has 0 aliphatic heterocycles. The van der Waals surface area contributed by atoms with Gasteiger partial charge in [-0.2, -0.15) is 8.78 Å². The van der Waals surface area contributed by atoms with Crippen molar-refractivity contribution in [2.45, 2.75) is 13.5 Å². The molecule has 1 heterocycles. The number of benzene rings is 2. The quantitative estimate of drug-likeness (QED) is 0.598. The highest BCUT2D eigenvalue weighted by Gasteiger charge is 2.17. The van der Waals surface area contributed by atoms with Crippen molar-refractivity contribution in [1.29, 1.82) is 0 Å². The molecule has 0 radical (unpaired) electrons. The first-order chi connectivity index (χ1) is 13.9. The Labute approximate surface area is 170 Å². The van der Waals surface area contributed by atoms with Gasteiger partial charge in [0.05, 0.1) is 16.1 Å². The molecule has 150 valence electrons. The SMILES string of the molecule is CNC(=O)c1c(C)cccc1NC(=O)c1ccc(-c2ccc(OC(F)F)cc2)s1. The number of nitrogens with one attached hydrogen (secondary N) is 2. The average Bonchev–Trinajstić information content (AvgIpc) is 3.18. The van der Waals surface area contributed by atoms with Gasteiger partial charge in [0, 0.05) is 11.9 Å². The Morgan fingerprint density at radius 3 is 2.38 bits per heavy atom. The van der Waals surface area contributed by atoms with E-state index >= 15 is 0 Å². The molecule has 0 spiro atoms. The summed E-state index contributed by atoms with van der Waals surface area (Å²) in [5.74, 6) is -0.550. The number of hydrogen-bond acceptors (Lipinski definition) is 4. The maximum Gasteiger partial charge on any atom is 0.387 e. The van der Waals surface area contributed by atoms with E-state index in [0.717, 1.165) is 16.0 Å². The van der Waals surface area contributed by atoms with Gasteiger partial charge in [-0.15, -0.1) is 11.3 Å². The zero-order valence-electron chi connectivity index (χ0n) is 15.7. The number of anilines is 1. The fourth-order valence-electron chi connectivity index (χ4n) is 2.80. The predicted molar refractivity (Wildman–Crippen MR) is 109 cm³/mol. The first-order valence-corrected chi connectivity index (χ1v) is 9.49. The van der Waals surface area contributed by atoms with Gasteiger partial charge in [-0.05, 0) is 60.5 Å². The van der Waals surface area contributed by atoms with E-state index in [2.05, 4.69) is 15.4 Å². The van der Waals surface area contributed by atoms with Crippen LogP contribution in [-0.4, -0.2) is 25.5 Å². The summed E-state index contributed by atoms with van der Waals surface area (Å²) in [6.07, 6.45) is 0. The van der Waals surface area contributed by atoms with Gasteiger partial charge in [0.25, 0.3) is 11.8 Å². The second kappa shape index (κ2) is 8.83. The van der Waals surface area contributed by atoms with Gasteiger partial charge in [0.15, 0.2) is 0 Å². The second-order valence-corrected chi connectivity index (χ2v) is 7.18. The fraction of sp³-hybridized carbons (Fsp3) is 0.143. The van der Waals surface area contributed by atoms with Crippen molar-refractivity contribution in [2.75, 3.05) is 12.4 Å². The van der Waals surface area contributed by atoms with Crippen LogP contribution in [0.25, 0.3) is 10.4 Å². The van der Waals surface area contributed by atoms with Crippen molar-refractivity contribution in [2.24, 2.45) is 0 Å². The minimum absolute atomic E-state index is 0.0689. The van der Waals surface area contributed by atoms with Crippen LogP contribution in [0.15, 0.2) is 54.6 Å². The minimum atomic E-state index is -2.88. The van der Waals surface area contributed by atoms with E-state index in [4.69, 9.17) is 0 Å². The molecule has 0 saturated carbocycles. The molecule has 1 aromatic heterocycles. The molecule has 5 nitrogen and oxygen atoms in total. The Morgan fingerprint density at radius 2 is 1.72 bits per heavy atom. The third kappa shape index (κ3) is 4.78. The molecule has 0 bridgehead atoms. The van der Waals surface area contributed by atoms with Crippen LogP contribution >= 0.6 is 11.3 Å². The van der Waals surface area contributed by atoms with Crippen LogP contribution in [0.3, 0.4) is 0 Å². The monoisotopic (exact) mass is 416 g/mol. The van der Waals surface area contributed by atoms with Crippen molar-refractivity contribution in [1.82, 2.24) is 5.32 Å². The summed E-state index contributed by atoms with van der Waals surface area (Å²) in [4.78, 5) is 26.1. The van der Waals surface area contributed by atoms with E-state index < -0.39 is 6.61 Å². The average molecular weight is 416 g/mol. The summed E-state index contributed by atoms with van der Waals surface area (Å²) in [6, 6.07) is 14.9. The Hall–Kier alpha value is -3.26. The number of rotatable bonds is 6. The number of carbonyl (C=O) groups excluding carboxylic acids is 2. The molecule has 29 heavy (non-hydrogen) atoms. The van der Waals surface area contributed by atoms with E-state index in [9.17, 15) is 18.4 Å². The van der Waals surface area contributed by atoms with Gasteiger partial charge in [-0.3, -0.25) is 9.59 Å². The fourth-order valence-corrected chi connectivity index (χ4v) is 3.70. The molecule has 0 fully saturated rings. The second-order valence-electron chi connectivity index (χ2n) is 6.10. The van der Waals surface area contributed by atoms with Crippen LogP contribution in [0.5, 0.6) is 5.75 Å². The molecule has 2 aromatic carbocycles. The zero-order chi connectivity index (χ0) is 21.0. The smallest absolute Gasteiger partial charge is 0.387 e. The summed E-state index contributed by atoms with van der Waals surface area (Å²) in [5, 5.41) is 5.36. The van der Waals surface area contributed by atoms with Gasteiger partial charge >= 0.3 is 6.61 Å². The van der Waals surface area contributed by atoms with E-state index in [1.54, 1.807) is 49.4 Å². The van der Waals surface area contributed by atoms with E-state index in [-0.39, 0.29) is 17.6 Å². The number of aryl methyl sites for hydroxylation is 1. The molecular weight excluding hydrogens is 398 g/mol. The van der Waals surface area contributed by atoms with Gasteiger partial charge in [-0.1, -0.05) is 12.1 Å². The Kier molecular flexibility index (Phi) is 6.23. The van der Waals surface area contributed by atoms with Crippen LogP contribution < -0.4 is 15.4 Å². The third-order valence-corrected chi connectivity index (χ3v) is 5.30. The Bertz CT molecular complexity index is 1030. The van der Waals surface area contributed by atoms with Crippen LogP contribution in [-0.2, 0) is 0 Å². The molecule has 2 N–H and O–H groups in total. The lowest BCUT2D eigenvalue weighted by Gasteiger charge is -2.12. The number of ether oxygens (including phenoxy) is 1. The lowest BCUT2D eigenvalue weighted by molar-refractivity contribution is -0.0498. The highest BCUT2D eigenvalue weighted by molar-refractivity contribution is 7.17. The van der Waals surface area contributed by atoms with Gasteiger partial charge in [-0.25, -0.2) is 0 Å². The lowest BCUT2D eigenvalue weighted by atomic mass is 10.1. The minimum Gasteiger partial charge on any atom is -0.435 e. The third-order valence-electron chi connectivity index (χ3n) is 4.17. The molecule has 3 rings (SSSR count). The van der Waals surface area contributed by atoms with Gasteiger partial charge in [0.2, 0.25) is 0 Å². The standard InChI is InChI=1S/C21H18F2N2O3S/c1-12-4-3-5-15(18(12)20(27)24-2)25-19(26)17-11-10-16(29-17)13-6-8-14(9-7-13)28-21(22)23/h3-11,21H,1-2H3,(H,24,27)(H,25,26). The highest BCUT2D eigenvalue weighted by Crippen LogP contribution is 2.30. The predicted octanol–water partition coefficient (Wildman–Crippen LogP) is 4.94. The Morgan fingerprint density at radius 1 is 1.00 bits per heavy atom. The molecular formula is C21H18F2N2O3S. The molecule has 0 aliphatic carbocycles. The largest absolute Gasteiger partial charge is 0.435 e. The normalized spacial score (nSPS) is 10.7. The molecule has 8 heteroatoms. The summed E-state index contributed by atoms with van der Waals surface area (Å²) >= 11 is 1.26. The van der Waals surface area contributed by atoms with E-state index in [1.807, 2.05) is 0 Å². The van der Waals surface area contributed by atoms with Gasteiger partial charge in [0.1, 0.15) is 5.75 Å². The maximum atomic E-state index is 12.7. The number of amides is 2. The maximum absolute atomic E-state index is 12.7.